The molecule has 0 saturated carbocycles. The lowest BCUT2D eigenvalue weighted by molar-refractivity contribution is -0.141. The Morgan fingerprint density at radius 3 is 2.60 bits per heavy atom. The minimum atomic E-state index is -4.62. The molecular weight excluding hydrogens is 430 g/mol. The number of nitrogens with one attached hydrogen (secondary N) is 3. The fraction of sp³-hybridized carbons (Fsp3) is 0.389. The molecule has 162 valence electrons. The van der Waals surface area contributed by atoms with E-state index < -0.39 is 23.6 Å². The Morgan fingerprint density at radius 2 is 1.97 bits per heavy atom. The SMILES string of the molecule is O=C(CC1CCOCC1)/N=C(/Nc1cc(F)cc(Cl)c1)Nc1cc(C(F)(F)F)[nH]n1. The number of benzene rings is 1. The highest BCUT2D eigenvalue weighted by molar-refractivity contribution is 6.31. The van der Waals surface area contributed by atoms with Crippen LogP contribution < -0.4 is 10.6 Å². The topological polar surface area (TPSA) is 91.4 Å². The van der Waals surface area contributed by atoms with Gasteiger partial charge in [0.2, 0.25) is 11.9 Å². The van der Waals surface area contributed by atoms with Gasteiger partial charge in [-0.1, -0.05) is 11.6 Å². The van der Waals surface area contributed by atoms with Crippen molar-refractivity contribution in [3.8, 4) is 0 Å². The first-order chi connectivity index (χ1) is 14.2. The number of aliphatic imine (C=N–C) groups is 1. The van der Waals surface area contributed by atoms with Crippen LogP contribution in [0, 0.1) is 11.7 Å². The lowest BCUT2D eigenvalue weighted by atomic mass is 9.96. The van der Waals surface area contributed by atoms with Crippen LogP contribution in [-0.2, 0) is 15.7 Å². The summed E-state index contributed by atoms with van der Waals surface area (Å²) in [4.78, 5) is 16.3. The Bertz CT molecular complexity index is 905. The van der Waals surface area contributed by atoms with Gasteiger partial charge in [-0.05, 0) is 37.0 Å². The van der Waals surface area contributed by atoms with Gasteiger partial charge in [-0.15, -0.1) is 0 Å². The van der Waals surface area contributed by atoms with Gasteiger partial charge in [-0.2, -0.15) is 23.3 Å². The zero-order valence-corrected chi connectivity index (χ0v) is 16.3. The molecule has 0 bridgehead atoms. The number of anilines is 2. The van der Waals surface area contributed by atoms with Crippen molar-refractivity contribution in [1.29, 1.82) is 0 Å². The molecule has 0 aliphatic carbocycles. The van der Waals surface area contributed by atoms with Crippen molar-refractivity contribution in [3.63, 3.8) is 0 Å². The second kappa shape index (κ2) is 9.43. The van der Waals surface area contributed by atoms with E-state index in [1.54, 1.807) is 0 Å². The first-order valence-electron chi connectivity index (χ1n) is 9.01. The van der Waals surface area contributed by atoms with Gasteiger partial charge in [-0.25, -0.2) is 4.39 Å². The van der Waals surface area contributed by atoms with Crippen LogP contribution in [-0.4, -0.2) is 35.3 Å². The molecule has 1 amide bonds. The maximum absolute atomic E-state index is 13.6. The number of carbonyl (C=O) groups excluding carboxylic acids is 1. The fourth-order valence-electron chi connectivity index (χ4n) is 2.87. The first-order valence-corrected chi connectivity index (χ1v) is 9.39. The summed E-state index contributed by atoms with van der Waals surface area (Å²) in [5.74, 6) is -1.48. The molecule has 1 fully saturated rings. The normalized spacial score (nSPS) is 15.8. The Morgan fingerprint density at radius 1 is 1.23 bits per heavy atom. The van der Waals surface area contributed by atoms with Crippen molar-refractivity contribution in [1.82, 2.24) is 10.2 Å². The molecule has 1 aliphatic heterocycles. The number of hydrogen-bond donors (Lipinski definition) is 3. The minimum Gasteiger partial charge on any atom is -0.381 e. The summed E-state index contributed by atoms with van der Waals surface area (Å²) in [5.41, 5.74) is -0.927. The predicted molar refractivity (Wildman–Crippen MR) is 103 cm³/mol. The van der Waals surface area contributed by atoms with Gasteiger partial charge in [0.25, 0.3) is 0 Å². The summed E-state index contributed by atoms with van der Waals surface area (Å²) in [7, 11) is 0. The molecule has 1 aromatic heterocycles. The van der Waals surface area contributed by atoms with Gasteiger partial charge in [0.05, 0.1) is 0 Å². The van der Waals surface area contributed by atoms with E-state index in [1.807, 2.05) is 5.10 Å². The summed E-state index contributed by atoms with van der Waals surface area (Å²) in [6.45, 7) is 1.11. The van der Waals surface area contributed by atoms with Crippen molar-refractivity contribution >= 4 is 35.0 Å². The monoisotopic (exact) mass is 447 g/mol. The first kappa shape index (κ1) is 22.0. The molecule has 7 nitrogen and oxygen atoms in total. The highest BCUT2D eigenvalue weighted by atomic mass is 35.5. The molecule has 0 spiro atoms. The molecule has 1 aromatic carbocycles. The Kier molecular flexibility index (Phi) is 6.93. The third kappa shape index (κ3) is 6.42. The van der Waals surface area contributed by atoms with Gasteiger partial charge >= 0.3 is 6.18 Å². The number of amides is 1. The molecule has 2 aromatic rings. The third-order valence-electron chi connectivity index (χ3n) is 4.30. The van der Waals surface area contributed by atoms with Crippen molar-refractivity contribution in [2.24, 2.45) is 10.9 Å². The Balaban J connectivity index is 1.79. The second-order valence-corrected chi connectivity index (χ2v) is 7.12. The van der Waals surface area contributed by atoms with Crippen LogP contribution in [0.4, 0.5) is 29.1 Å². The fourth-order valence-corrected chi connectivity index (χ4v) is 3.09. The zero-order valence-electron chi connectivity index (χ0n) is 15.5. The number of carbonyl (C=O) groups is 1. The third-order valence-corrected chi connectivity index (χ3v) is 4.51. The molecule has 2 heterocycles. The van der Waals surface area contributed by atoms with E-state index >= 15 is 0 Å². The molecule has 3 N–H and O–H groups in total. The zero-order chi connectivity index (χ0) is 21.7. The average molecular weight is 448 g/mol. The molecule has 30 heavy (non-hydrogen) atoms. The van der Waals surface area contributed by atoms with Gasteiger partial charge in [-0.3, -0.25) is 9.89 Å². The van der Waals surface area contributed by atoms with Crippen molar-refractivity contribution in [2.45, 2.75) is 25.4 Å². The highest BCUT2D eigenvalue weighted by Gasteiger charge is 2.33. The molecule has 0 atom stereocenters. The van der Waals surface area contributed by atoms with E-state index in [-0.39, 0.29) is 34.8 Å². The van der Waals surface area contributed by atoms with E-state index in [4.69, 9.17) is 16.3 Å². The number of H-pyrrole nitrogens is 1. The maximum Gasteiger partial charge on any atom is 0.432 e. The second-order valence-electron chi connectivity index (χ2n) is 6.69. The molecule has 1 aliphatic rings. The summed E-state index contributed by atoms with van der Waals surface area (Å²) >= 11 is 5.82. The largest absolute Gasteiger partial charge is 0.432 e. The summed E-state index contributed by atoms with van der Waals surface area (Å²) in [6.07, 6.45) is -3.04. The molecule has 0 radical (unpaired) electrons. The molecule has 0 unspecified atom stereocenters. The van der Waals surface area contributed by atoms with E-state index in [9.17, 15) is 22.4 Å². The van der Waals surface area contributed by atoms with Crippen LogP contribution in [0.3, 0.4) is 0 Å². The van der Waals surface area contributed by atoms with Crippen LogP contribution in [0.15, 0.2) is 29.3 Å². The Labute approximate surface area is 173 Å². The van der Waals surface area contributed by atoms with Crippen molar-refractivity contribution in [2.75, 3.05) is 23.8 Å². The Hall–Kier alpha value is -2.66. The van der Waals surface area contributed by atoms with Crippen LogP contribution in [0.25, 0.3) is 0 Å². The summed E-state index contributed by atoms with van der Waals surface area (Å²) < 4.78 is 57.2. The molecule has 3 rings (SSSR count). The van der Waals surface area contributed by atoms with E-state index in [0.717, 1.165) is 18.2 Å². The van der Waals surface area contributed by atoms with E-state index in [0.29, 0.717) is 26.1 Å². The number of guanidine groups is 1. The quantitative estimate of drug-likeness (QED) is 0.366. The van der Waals surface area contributed by atoms with E-state index in [2.05, 4.69) is 20.7 Å². The number of aromatic amines is 1. The summed E-state index contributed by atoms with van der Waals surface area (Å²) in [6, 6.07) is 4.27. The van der Waals surface area contributed by atoms with E-state index in [1.165, 1.54) is 6.07 Å². The average Bonchev–Trinajstić information content (AvgIpc) is 3.10. The lowest BCUT2D eigenvalue weighted by Crippen LogP contribution is -2.25. The van der Waals surface area contributed by atoms with Gasteiger partial charge in [0, 0.05) is 36.4 Å². The van der Waals surface area contributed by atoms with Gasteiger partial charge in [0.1, 0.15) is 11.5 Å². The standard InChI is InChI=1S/C18H18ClF4N5O2/c19-11-6-12(20)8-13(7-11)24-17(25-15-9-14(27-28-15)18(21,22)23)26-16(29)5-10-1-3-30-4-2-10/h6-10H,1-5H2,(H3,24,25,26,27,28,29). The number of alkyl halides is 3. The number of rotatable bonds is 4. The van der Waals surface area contributed by atoms with Gasteiger partial charge < -0.3 is 15.4 Å². The van der Waals surface area contributed by atoms with Crippen LogP contribution in [0.2, 0.25) is 5.02 Å². The van der Waals surface area contributed by atoms with Gasteiger partial charge in [0.15, 0.2) is 5.82 Å². The molecule has 1 saturated heterocycles. The van der Waals surface area contributed by atoms with Crippen LogP contribution in [0.1, 0.15) is 25.0 Å². The van der Waals surface area contributed by atoms with Crippen LogP contribution in [0.5, 0.6) is 0 Å². The maximum atomic E-state index is 13.6. The number of halogens is 5. The minimum absolute atomic E-state index is 0.0875. The lowest BCUT2D eigenvalue weighted by Gasteiger charge is -2.20. The number of nitrogens with zero attached hydrogens (tertiary/aromatic N) is 2. The highest BCUT2D eigenvalue weighted by Crippen LogP contribution is 2.29. The van der Waals surface area contributed by atoms with Crippen molar-refractivity contribution in [3.05, 3.63) is 40.8 Å². The number of ether oxygens (including phenoxy) is 1. The van der Waals surface area contributed by atoms with Crippen molar-refractivity contribution < 1.29 is 27.1 Å². The summed E-state index contributed by atoms with van der Waals surface area (Å²) in [5, 5.41) is 10.6. The number of hydrogen-bond acceptors (Lipinski definition) is 3. The predicted octanol–water partition coefficient (Wildman–Crippen LogP) is 4.44. The smallest absolute Gasteiger partial charge is 0.381 e. The molecular formula is C18H18ClF4N5O2. The van der Waals surface area contributed by atoms with Crippen LogP contribution >= 0.6 is 11.6 Å². The number of aromatic nitrogens is 2. The molecule has 12 heteroatoms.